The minimum absolute atomic E-state index is 0.303. The number of carbonyl (C=O) groups excluding carboxylic acids is 1. The second-order valence-corrected chi connectivity index (χ2v) is 7.87. The van der Waals surface area contributed by atoms with Crippen molar-refractivity contribution >= 4 is 5.91 Å². The maximum Gasteiger partial charge on any atom is 0.223 e. The lowest BCUT2D eigenvalue weighted by atomic mass is 9.82. The van der Waals surface area contributed by atoms with Crippen molar-refractivity contribution in [2.24, 2.45) is 23.7 Å². The monoisotopic (exact) mass is 307 g/mol. The van der Waals surface area contributed by atoms with E-state index in [1.807, 2.05) is 7.11 Å². The van der Waals surface area contributed by atoms with Gasteiger partial charge in [0.2, 0.25) is 5.91 Å². The zero-order chi connectivity index (χ0) is 15.4. The zero-order valence-corrected chi connectivity index (χ0v) is 14.2. The van der Waals surface area contributed by atoms with Gasteiger partial charge in [-0.1, -0.05) is 38.5 Å². The fourth-order valence-corrected chi connectivity index (χ4v) is 5.29. The first-order valence-electron chi connectivity index (χ1n) is 9.58. The summed E-state index contributed by atoms with van der Waals surface area (Å²) < 4.78 is 5.61. The Bertz CT molecular complexity index is 356. The molecule has 3 nitrogen and oxygen atoms in total. The number of hydrogen-bond acceptors (Lipinski definition) is 2. The highest BCUT2D eigenvalue weighted by molar-refractivity contribution is 5.78. The number of rotatable bonds is 5. The van der Waals surface area contributed by atoms with E-state index in [2.05, 4.69) is 5.32 Å². The van der Waals surface area contributed by atoms with Crippen LogP contribution in [0.5, 0.6) is 0 Å². The number of amides is 1. The molecule has 0 aromatic heterocycles. The summed E-state index contributed by atoms with van der Waals surface area (Å²) in [6.45, 7) is 0.842. The van der Waals surface area contributed by atoms with Crippen LogP contribution >= 0.6 is 0 Å². The molecule has 0 saturated heterocycles. The Balaban J connectivity index is 1.39. The van der Waals surface area contributed by atoms with Gasteiger partial charge < -0.3 is 10.1 Å². The van der Waals surface area contributed by atoms with Crippen LogP contribution in [0, 0.1) is 23.7 Å². The highest BCUT2D eigenvalue weighted by atomic mass is 16.5. The molecule has 0 heterocycles. The normalized spacial score (nSPS) is 38.5. The van der Waals surface area contributed by atoms with Crippen molar-refractivity contribution in [3.05, 3.63) is 0 Å². The van der Waals surface area contributed by atoms with Crippen LogP contribution in [0.4, 0.5) is 0 Å². The minimum Gasteiger partial charge on any atom is -0.381 e. The summed E-state index contributed by atoms with van der Waals surface area (Å²) in [5.41, 5.74) is 0. The molecule has 3 saturated carbocycles. The Morgan fingerprint density at radius 3 is 2.32 bits per heavy atom. The Labute approximate surface area is 135 Å². The number of methoxy groups -OCH3 is 1. The van der Waals surface area contributed by atoms with Crippen molar-refractivity contribution in [1.29, 1.82) is 0 Å². The first kappa shape index (κ1) is 16.3. The summed E-state index contributed by atoms with van der Waals surface area (Å²) in [5, 5.41) is 3.23. The largest absolute Gasteiger partial charge is 0.381 e. The van der Waals surface area contributed by atoms with E-state index in [0.29, 0.717) is 23.8 Å². The molecule has 0 bridgehead atoms. The highest BCUT2D eigenvalue weighted by Gasteiger charge is 2.38. The second-order valence-electron chi connectivity index (χ2n) is 7.87. The third-order valence-corrected chi connectivity index (χ3v) is 6.57. The maximum absolute atomic E-state index is 12.4. The standard InChI is InChI=1S/C19H33NO2/c1-22-18-9-5-4-6-14(18)10-11-20-19(21)17-12-15-7-2-3-8-16(15)13-17/h14-18H,2-13H2,1H3,(H,20,21). The lowest BCUT2D eigenvalue weighted by Gasteiger charge is -2.30. The molecule has 0 spiro atoms. The molecule has 1 amide bonds. The summed E-state index contributed by atoms with van der Waals surface area (Å²) >= 11 is 0. The van der Waals surface area contributed by atoms with Gasteiger partial charge in [-0.05, 0) is 49.9 Å². The van der Waals surface area contributed by atoms with Gasteiger partial charge in [0.1, 0.15) is 0 Å². The molecular weight excluding hydrogens is 274 g/mol. The third-order valence-electron chi connectivity index (χ3n) is 6.57. The molecule has 4 atom stereocenters. The first-order chi connectivity index (χ1) is 10.8. The zero-order valence-electron chi connectivity index (χ0n) is 14.2. The third kappa shape index (κ3) is 3.84. The van der Waals surface area contributed by atoms with Crippen LogP contribution < -0.4 is 5.32 Å². The molecule has 0 aliphatic heterocycles. The van der Waals surface area contributed by atoms with Gasteiger partial charge in [-0.25, -0.2) is 0 Å². The average molecular weight is 307 g/mol. The van der Waals surface area contributed by atoms with Crippen LogP contribution in [0.2, 0.25) is 0 Å². The van der Waals surface area contributed by atoms with Crippen LogP contribution in [0.25, 0.3) is 0 Å². The summed E-state index contributed by atoms with van der Waals surface area (Å²) in [6, 6.07) is 0. The molecule has 3 rings (SSSR count). The summed E-state index contributed by atoms with van der Waals surface area (Å²) in [5.74, 6) is 2.98. The fourth-order valence-electron chi connectivity index (χ4n) is 5.29. The van der Waals surface area contributed by atoms with Gasteiger partial charge in [0.25, 0.3) is 0 Å². The van der Waals surface area contributed by atoms with Gasteiger partial charge in [-0.15, -0.1) is 0 Å². The number of carbonyl (C=O) groups is 1. The Morgan fingerprint density at radius 1 is 1.00 bits per heavy atom. The summed E-state index contributed by atoms with van der Waals surface area (Å²) in [6.07, 6.45) is 14.4. The SMILES string of the molecule is COC1CCCCC1CCNC(=O)C1CC2CCCCC2C1. The smallest absolute Gasteiger partial charge is 0.223 e. The van der Waals surface area contributed by atoms with Gasteiger partial charge >= 0.3 is 0 Å². The van der Waals surface area contributed by atoms with E-state index in [-0.39, 0.29) is 0 Å². The van der Waals surface area contributed by atoms with E-state index in [9.17, 15) is 4.79 Å². The van der Waals surface area contributed by atoms with E-state index in [4.69, 9.17) is 4.74 Å². The van der Waals surface area contributed by atoms with Crippen LogP contribution in [-0.2, 0) is 9.53 Å². The van der Waals surface area contributed by atoms with Gasteiger partial charge in [-0.2, -0.15) is 0 Å². The molecular formula is C19H33NO2. The Kier molecular flexibility index (Phi) is 5.78. The summed E-state index contributed by atoms with van der Waals surface area (Å²) in [7, 11) is 1.84. The number of nitrogens with one attached hydrogen (secondary N) is 1. The van der Waals surface area contributed by atoms with Gasteiger partial charge in [-0.3, -0.25) is 4.79 Å². The van der Waals surface area contributed by atoms with Crippen molar-refractivity contribution in [2.75, 3.05) is 13.7 Å². The van der Waals surface area contributed by atoms with Crippen LogP contribution in [-0.4, -0.2) is 25.7 Å². The predicted molar refractivity (Wildman–Crippen MR) is 88.6 cm³/mol. The van der Waals surface area contributed by atoms with E-state index in [1.54, 1.807) is 0 Å². The van der Waals surface area contributed by atoms with Gasteiger partial charge in [0.05, 0.1) is 6.10 Å². The molecule has 3 aliphatic rings. The maximum atomic E-state index is 12.4. The van der Waals surface area contributed by atoms with Crippen LogP contribution in [0.3, 0.4) is 0 Å². The van der Waals surface area contributed by atoms with Crippen molar-refractivity contribution < 1.29 is 9.53 Å². The van der Waals surface area contributed by atoms with Gasteiger partial charge in [0, 0.05) is 19.6 Å². The molecule has 126 valence electrons. The minimum atomic E-state index is 0.303. The molecule has 22 heavy (non-hydrogen) atoms. The second kappa shape index (κ2) is 7.81. The van der Waals surface area contributed by atoms with Gasteiger partial charge in [0.15, 0.2) is 0 Å². The molecule has 1 N–H and O–H groups in total. The molecule has 3 aliphatic carbocycles. The van der Waals surface area contributed by atoms with Crippen molar-refractivity contribution in [3.63, 3.8) is 0 Å². The van der Waals surface area contributed by atoms with Crippen LogP contribution in [0.15, 0.2) is 0 Å². The van der Waals surface area contributed by atoms with E-state index in [1.165, 1.54) is 51.4 Å². The van der Waals surface area contributed by atoms with E-state index >= 15 is 0 Å². The number of ether oxygens (including phenoxy) is 1. The quantitative estimate of drug-likeness (QED) is 0.836. The number of fused-ring (bicyclic) bond motifs is 1. The fraction of sp³-hybridized carbons (Fsp3) is 0.947. The van der Waals surface area contributed by atoms with Crippen molar-refractivity contribution in [2.45, 2.75) is 76.7 Å². The lowest BCUT2D eigenvalue weighted by molar-refractivity contribution is -0.125. The number of hydrogen-bond donors (Lipinski definition) is 1. The molecule has 3 heteroatoms. The molecule has 0 aromatic rings. The van der Waals surface area contributed by atoms with Crippen molar-refractivity contribution in [3.8, 4) is 0 Å². The lowest BCUT2D eigenvalue weighted by Crippen LogP contribution is -2.34. The molecule has 0 radical (unpaired) electrons. The summed E-state index contributed by atoms with van der Waals surface area (Å²) in [4.78, 5) is 12.4. The molecule has 3 fully saturated rings. The Hall–Kier alpha value is -0.570. The highest BCUT2D eigenvalue weighted by Crippen LogP contribution is 2.45. The van der Waals surface area contributed by atoms with Crippen LogP contribution in [0.1, 0.15) is 70.6 Å². The molecule has 0 aromatic carbocycles. The predicted octanol–water partition coefficient (Wildman–Crippen LogP) is 3.91. The van der Waals surface area contributed by atoms with E-state index in [0.717, 1.165) is 37.6 Å². The van der Waals surface area contributed by atoms with E-state index < -0.39 is 0 Å². The van der Waals surface area contributed by atoms with Crippen molar-refractivity contribution in [1.82, 2.24) is 5.32 Å². The Morgan fingerprint density at radius 2 is 1.64 bits per heavy atom. The average Bonchev–Trinajstić information content (AvgIpc) is 2.99. The first-order valence-corrected chi connectivity index (χ1v) is 9.58. The molecule has 4 unspecified atom stereocenters. The topological polar surface area (TPSA) is 38.3 Å².